The molecule has 0 aliphatic carbocycles. The Morgan fingerprint density at radius 3 is 0.942 bits per heavy atom. The maximum Gasteiger partial charge on any atom is 0.306 e. The molecule has 0 heterocycles. The van der Waals surface area contributed by atoms with Crippen molar-refractivity contribution in [3.8, 4) is 0 Å². The highest BCUT2D eigenvalue weighted by Gasteiger charge is 2.19. The zero-order valence-electron chi connectivity index (χ0n) is 35.3. The van der Waals surface area contributed by atoms with Gasteiger partial charge in [0.1, 0.15) is 13.2 Å². The van der Waals surface area contributed by atoms with Gasteiger partial charge >= 0.3 is 17.9 Å². The first kappa shape index (κ1) is 50.4. The molecule has 6 heteroatoms. The number of rotatable bonds is 41. The number of hydrogen-bond acceptors (Lipinski definition) is 6. The number of esters is 3. The van der Waals surface area contributed by atoms with Crippen LogP contribution in [0.25, 0.3) is 0 Å². The molecule has 0 saturated heterocycles. The molecule has 0 aliphatic heterocycles. The molecule has 0 radical (unpaired) electrons. The Morgan fingerprint density at radius 1 is 0.365 bits per heavy atom. The van der Waals surface area contributed by atoms with Crippen molar-refractivity contribution in [2.24, 2.45) is 5.92 Å². The summed E-state index contributed by atoms with van der Waals surface area (Å²) in [5, 5.41) is 0. The van der Waals surface area contributed by atoms with E-state index in [1.165, 1.54) is 141 Å². The van der Waals surface area contributed by atoms with Gasteiger partial charge < -0.3 is 14.2 Å². The maximum atomic E-state index is 12.6. The first-order valence-electron chi connectivity index (χ1n) is 22.9. The Balaban J connectivity index is 4.14. The van der Waals surface area contributed by atoms with Gasteiger partial charge in [-0.25, -0.2) is 0 Å². The normalized spacial score (nSPS) is 11.9. The van der Waals surface area contributed by atoms with Gasteiger partial charge in [0.05, 0.1) is 0 Å². The van der Waals surface area contributed by atoms with Crippen LogP contribution in [-0.4, -0.2) is 37.2 Å². The molecule has 0 unspecified atom stereocenters. The molecule has 1 atom stereocenters. The molecular weight excluding hydrogens is 648 g/mol. The predicted molar refractivity (Wildman–Crippen MR) is 220 cm³/mol. The highest BCUT2D eigenvalue weighted by atomic mass is 16.6. The van der Waals surface area contributed by atoms with Gasteiger partial charge in [-0.05, 0) is 25.2 Å². The van der Waals surface area contributed by atoms with Crippen molar-refractivity contribution >= 4 is 17.9 Å². The number of carbonyl (C=O) groups is 3. The zero-order chi connectivity index (χ0) is 38.2. The minimum atomic E-state index is -0.758. The standard InChI is InChI=1S/C46H88O6/c1-5-7-9-11-12-13-14-15-16-17-18-19-20-23-26-30-34-38-45(48)51-41-43(40-50-44(47)37-33-28-10-8-6-2)52-46(49)39-35-31-27-24-21-22-25-29-32-36-42(3)4/h42-43H,5-41H2,1-4H3/t43-/m1/s1. The van der Waals surface area contributed by atoms with Crippen LogP contribution in [0, 0.1) is 5.92 Å². The van der Waals surface area contributed by atoms with E-state index in [1.807, 2.05) is 0 Å². The summed E-state index contributed by atoms with van der Waals surface area (Å²) in [6.45, 7) is 8.90. The lowest BCUT2D eigenvalue weighted by molar-refractivity contribution is -0.167. The largest absolute Gasteiger partial charge is 0.462 e. The number of unbranched alkanes of at least 4 members (excludes halogenated alkanes) is 28. The van der Waals surface area contributed by atoms with Crippen molar-refractivity contribution in [2.45, 2.75) is 259 Å². The lowest BCUT2D eigenvalue weighted by Crippen LogP contribution is -2.30. The van der Waals surface area contributed by atoms with E-state index < -0.39 is 6.10 Å². The molecule has 0 amide bonds. The minimum absolute atomic E-state index is 0.0650. The quantitative estimate of drug-likeness (QED) is 0.0353. The summed E-state index contributed by atoms with van der Waals surface area (Å²) < 4.78 is 16.6. The molecule has 0 fully saturated rings. The molecule has 308 valence electrons. The average Bonchev–Trinajstić information content (AvgIpc) is 3.12. The Labute approximate surface area is 323 Å². The number of ether oxygens (including phenoxy) is 3. The molecule has 0 spiro atoms. The Kier molecular flexibility index (Phi) is 39.4. The van der Waals surface area contributed by atoms with Crippen molar-refractivity contribution in [1.82, 2.24) is 0 Å². The van der Waals surface area contributed by atoms with E-state index in [4.69, 9.17) is 14.2 Å². The third-order valence-corrected chi connectivity index (χ3v) is 10.3. The third-order valence-electron chi connectivity index (χ3n) is 10.3. The van der Waals surface area contributed by atoms with E-state index in [1.54, 1.807) is 0 Å². The molecule has 0 aromatic carbocycles. The second-order valence-corrected chi connectivity index (χ2v) is 16.2. The van der Waals surface area contributed by atoms with Gasteiger partial charge in [-0.2, -0.15) is 0 Å². The summed E-state index contributed by atoms with van der Waals surface area (Å²) in [5.74, 6) is -0.0631. The Hall–Kier alpha value is -1.59. The molecular formula is C46H88O6. The summed E-state index contributed by atoms with van der Waals surface area (Å²) in [6.07, 6.45) is 39.8. The second kappa shape index (κ2) is 40.6. The fraction of sp³-hybridized carbons (Fsp3) is 0.935. The fourth-order valence-electron chi connectivity index (χ4n) is 6.80. The molecule has 0 aromatic heterocycles. The van der Waals surface area contributed by atoms with Gasteiger partial charge in [-0.3, -0.25) is 14.4 Å². The fourth-order valence-corrected chi connectivity index (χ4v) is 6.80. The van der Waals surface area contributed by atoms with Gasteiger partial charge in [0.25, 0.3) is 0 Å². The van der Waals surface area contributed by atoms with E-state index in [2.05, 4.69) is 27.7 Å². The molecule has 6 nitrogen and oxygen atoms in total. The minimum Gasteiger partial charge on any atom is -0.462 e. The monoisotopic (exact) mass is 737 g/mol. The van der Waals surface area contributed by atoms with Crippen LogP contribution in [0.5, 0.6) is 0 Å². The van der Waals surface area contributed by atoms with Gasteiger partial charge in [0.2, 0.25) is 0 Å². The van der Waals surface area contributed by atoms with Crippen LogP contribution in [0.4, 0.5) is 0 Å². The van der Waals surface area contributed by atoms with Crippen molar-refractivity contribution in [2.75, 3.05) is 13.2 Å². The van der Waals surface area contributed by atoms with Crippen LogP contribution in [0.15, 0.2) is 0 Å². The molecule has 52 heavy (non-hydrogen) atoms. The van der Waals surface area contributed by atoms with Gasteiger partial charge in [0.15, 0.2) is 6.10 Å². The zero-order valence-corrected chi connectivity index (χ0v) is 35.3. The van der Waals surface area contributed by atoms with Crippen LogP contribution in [0.1, 0.15) is 252 Å². The molecule has 0 aliphatic rings. The van der Waals surface area contributed by atoms with Crippen molar-refractivity contribution in [3.05, 3.63) is 0 Å². The number of hydrogen-bond donors (Lipinski definition) is 0. The average molecular weight is 737 g/mol. The molecule has 0 saturated carbocycles. The first-order chi connectivity index (χ1) is 25.4. The SMILES string of the molecule is CCCCCCCCCCCCCCCCCCCC(=O)OC[C@@H](COC(=O)CCCCCCC)OC(=O)CCCCCCCCCCCC(C)C. The van der Waals surface area contributed by atoms with E-state index in [0.717, 1.165) is 70.1 Å². The summed E-state index contributed by atoms with van der Waals surface area (Å²) in [4.78, 5) is 37.4. The van der Waals surface area contributed by atoms with Crippen LogP contribution in [0.3, 0.4) is 0 Å². The van der Waals surface area contributed by atoms with E-state index in [9.17, 15) is 14.4 Å². The predicted octanol–water partition coefficient (Wildman–Crippen LogP) is 14.3. The van der Waals surface area contributed by atoms with Crippen LogP contribution < -0.4 is 0 Å². The van der Waals surface area contributed by atoms with Crippen molar-refractivity contribution in [3.63, 3.8) is 0 Å². The highest BCUT2D eigenvalue weighted by molar-refractivity contribution is 5.71. The molecule has 0 bridgehead atoms. The van der Waals surface area contributed by atoms with Crippen LogP contribution >= 0.6 is 0 Å². The van der Waals surface area contributed by atoms with Gasteiger partial charge in [-0.15, -0.1) is 0 Å². The van der Waals surface area contributed by atoms with Gasteiger partial charge in [0, 0.05) is 19.3 Å². The summed E-state index contributed by atoms with van der Waals surface area (Å²) in [6, 6.07) is 0. The third kappa shape index (κ3) is 39.6. The lowest BCUT2D eigenvalue weighted by atomic mass is 10.0. The van der Waals surface area contributed by atoms with Crippen molar-refractivity contribution < 1.29 is 28.6 Å². The van der Waals surface area contributed by atoms with Crippen LogP contribution in [-0.2, 0) is 28.6 Å². The molecule has 0 N–H and O–H groups in total. The van der Waals surface area contributed by atoms with Crippen LogP contribution in [0.2, 0.25) is 0 Å². The van der Waals surface area contributed by atoms with Gasteiger partial charge in [-0.1, -0.05) is 214 Å². The summed E-state index contributed by atoms with van der Waals surface area (Å²) in [5.41, 5.74) is 0. The molecule has 0 aromatic rings. The topological polar surface area (TPSA) is 78.9 Å². The lowest BCUT2D eigenvalue weighted by Gasteiger charge is -2.18. The van der Waals surface area contributed by atoms with E-state index >= 15 is 0 Å². The first-order valence-corrected chi connectivity index (χ1v) is 22.9. The highest BCUT2D eigenvalue weighted by Crippen LogP contribution is 2.16. The smallest absolute Gasteiger partial charge is 0.306 e. The Bertz CT molecular complexity index is 781. The summed E-state index contributed by atoms with van der Waals surface area (Å²) in [7, 11) is 0. The Morgan fingerprint density at radius 2 is 0.635 bits per heavy atom. The van der Waals surface area contributed by atoms with E-state index in [0.29, 0.717) is 19.3 Å². The maximum absolute atomic E-state index is 12.6. The summed E-state index contributed by atoms with van der Waals surface area (Å²) >= 11 is 0. The van der Waals surface area contributed by atoms with Crippen molar-refractivity contribution in [1.29, 1.82) is 0 Å². The van der Waals surface area contributed by atoms with E-state index in [-0.39, 0.29) is 31.1 Å². The second-order valence-electron chi connectivity index (χ2n) is 16.2. The number of carbonyl (C=O) groups excluding carboxylic acids is 3. The molecule has 0 rings (SSSR count).